The first kappa shape index (κ1) is 20.0. The third-order valence-electron chi connectivity index (χ3n) is 5.33. The molecule has 0 bridgehead atoms. The smallest absolute Gasteiger partial charge is 0.270 e. The predicted molar refractivity (Wildman–Crippen MR) is 118 cm³/mol. The molecule has 1 aromatic carbocycles. The van der Waals surface area contributed by atoms with Crippen molar-refractivity contribution >= 4 is 49.3 Å². The molecule has 4 rings (SSSR count). The Morgan fingerprint density at radius 3 is 2.52 bits per heavy atom. The molecule has 6 nitrogen and oxygen atoms in total. The zero-order valence-corrected chi connectivity index (χ0v) is 18.8. The average Bonchev–Trinajstić information content (AvgIpc) is 3.28. The fourth-order valence-corrected chi connectivity index (χ4v) is 5.46. The number of amides is 2. The lowest BCUT2D eigenvalue weighted by atomic mass is 10.2. The summed E-state index contributed by atoms with van der Waals surface area (Å²) in [6.45, 7) is 4.36. The van der Waals surface area contributed by atoms with Gasteiger partial charge in [0.1, 0.15) is 11.4 Å². The first-order valence-corrected chi connectivity index (χ1v) is 11.1. The molecule has 3 aromatic rings. The number of carbonyl (C=O) groups is 2. The first-order valence-electron chi connectivity index (χ1n) is 9.42. The van der Waals surface area contributed by atoms with Gasteiger partial charge in [0.15, 0.2) is 0 Å². The average molecular weight is 476 g/mol. The largest absolute Gasteiger partial charge is 0.496 e. The molecular formula is C21H22BrN3O3S. The second-order valence-electron chi connectivity index (χ2n) is 7.02. The molecule has 29 heavy (non-hydrogen) atoms. The van der Waals surface area contributed by atoms with E-state index in [0.29, 0.717) is 38.4 Å². The topological polar surface area (TPSA) is 54.8 Å². The lowest BCUT2D eigenvalue weighted by molar-refractivity contribution is -0.130. The van der Waals surface area contributed by atoms with Crippen LogP contribution in [-0.4, -0.2) is 59.5 Å². The minimum absolute atomic E-state index is 0.00148. The molecule has 0 unspecified atom stereocenters. The Kier molecular flexibility index (Phi) is 5.65. The highest BCUT2D eigenvalue weighted by Crippen LogP contribution is 2.35. The molecule has 0 aliphatic carbocycles. The van der Waals surface area contributed by atoms with Gasteiger partial charge in [-0.15, -0.1) is 11.3 Å². The van der Waals surface area contributed by atoms with Crippen molar-refractivity contribution in [3.8, 4) is 5.75 Å². The number of hydrogen-bond donors (Lipinski definition) is 0. The highest BCUT2D eigenvalue weighted by molar-refractivity contribution is 9.10. The number of piperazine rings is 1. The number of halogens is 1. The number of fused-ring (bicyclic) bond motifs is 1. The zero-order chi connectivity index (χ0) is 20.5. The van der Waals surface area contributed by atoms with E-state index in [1.807, 2.05) is 40.6 Å². The van der Waals surface area contributed by atoms with E-state index in [1.165, 1.54) is 0 Å². The number of hydrogen-bond acceptors (Lipinski definition) is 4. The van der Waals surface area contributed by atoms with E-state index >= 15 is 0 Å². The van der Waals surface area contributed by atoms with Gasteiger partial charge in [-0.05, 0) is 28.1 Å². The van der Waals surface area contributed by atoms with Crippen molar-refractivity contribution in [3.05, 3.63) is 51.4 Å². The monoisotopic (exact) mass is 475 g/mol. The number of carbonyl (C=O) groups excluding carboxylic acids is 2. The molecule has 1 aliphatic rings. The maximum atomic E-state index is 13.4. The van der Waals surface area contributed by atoms with Crippen molar-refractivity contribution < 1.29 is 14.3 Å². The number of para-hydroxylation sites is 1. The normalized spacial score (nSPS) is 14.4. The van der Waals surface area contributed by atoms with E-state index in [1.54, 1.807) is 30.3 Å². The molecule has 1 aliphatic heterocycles. The second kappa shape index (κ2) is 8.20. The molecule has 2 aromatic heterocycles. The second-order valence-corrected chi connectivity index (χ2v) is 8.79. The molecule has 0 spiro atoms. The SMILES string of the molecule is COc1ccccc1Cn1c(C(=O)N2CCN(C(C)=O)CC2)cc2scc(Br)c21. The van der Waals surface area contributed by atoms with E-state index in [9.17, 15) is 9.59 Å². The van der Waals surface area contributed by atoms with Crippen LogP contribution in [0.5, 0.6) is 5.75 Å². The van der Waals surface area contributed by atoms with Crippen molar-refractivity contribution in [2.45, 2.75) is 13.5 Å². The van der Waals surface area contributed by atoms with Gasteiger partial charge in [-0.1, -0.05) is 18.2 Å². The third kappa shape index (κ3) is 3.79. The Hall–Kier alpha value is -2.32. The maximum Gasteiger partial charge on any atom is 0.270 e. The van der Waals surface area contributed by atoms with E-state index < -0.39 is 0 Å². The summed E-state index contributed by atoms with van der Waals surface area (Å²) in [4.78, 5) is 28.6. The summed E-state index contributed by atoms with van der Waals surface area (Å²) in [5.41, 5.74) is 2.70. The van der Waals surface area contributed by atoms with Crippen LogP contribution in [0.1, 0.15) is 23.0 Å². The van der Waals surface area contributed by atoms with Gasteiger partial charge in [-0.25, -0.2) is 0 Å². The summed E-state index contributed by atoms with van der Waals surface area (Å²) in [7, 11) is 1.66. The van der Waals surface area contributed by atoms with Crippen molar-refractivity contribution in [2.75, 3.05) is 33.3 Å². The highest BCUT2D eigenvalue weighted by atomic mass is 79.9. The fourth-order valence-electron chi connectivity index (χ4n) is 3.76. The summed E-state index contributed by atoms with van der Waals surface area (Å²) in [5, 5.41) is 2.04. The lowest BCUT2D eigenvalue weighted by Crippen LogP contribution is -2.50. The molecule has 1 fully saturated rings. The van der Waals surface area contributed by atoms with Gasteiger partial charge >= 0.3 is 0 Å². The summed E-state index contributed by atoms with van der Waals surface area (Å²) >= 11 is 5.25. The molecule has 3 heterocycles. The molecule has 8 heteroatoms. The molecule has 0 saturated carbocycles. The summed E-state index contributed by atoms with van der Waals surface area (Å²) < 4.78 is 9.62. The number of ether oxygens (including phenoxy) is 1. The van der Waals surface area contributed by atoms with Crippen molar-refractivity contribution in [3.63, 3.8) is 0 Å². The highest BCUT2D eigenvalue weighted by Gasteiger charge is 2.27. The Balaban J connectivity index is 1.69. The van der Waals surface area contributed by atoms with Crippen molar-refractivity contribution in [2.24, 2.45) is 0 Å². The van der Waals surface area contributed by atoms with Gasteiger partial charge in [0.05, 0.1) is 28.3 Å². The number of methoxy groups -OCH3 is 1. The standard InChI is InChI=1S/C21H22BrN3O3S/c1-14(26)23-7-9-24(10-8-23)21(27)17-11-19-20(16(22)13-29-19)25(17)12-15-5-3-4-6-18(15)28-2/h3-6,11,13H,7-10,12H2,1-2H3. The van der Waals surface area contributed by atoms with Gasteiger partial charge in [0, 0.05) is 44.0 Å². The molecule has 0 atom stereocenters. The number of rotatable bonds is 4. The van der Waals surface area contributed by atoms with Crippen LogP contribution in [0.3, 0.4) is 0 Å². The van der Waals surface area contributed by atoms with Crippen LogP contribution in [0.4, 0.5) is 0 Å². The molecule has 2 amide bonds. The number of benzene rings is 1. The number of aromatic nitrogens is 1. The molecule has 152 valence electrons. The van der Waals surface area contributed by atoms with E-state index in [4.69, 9.17) is 4.74 Å². The lowest BCUT2D eigenvalue weighted by Gasteiger charge is -2.34. The predicted octanol–water partition coefficient (Wildman–Crippen LogP) is 3.83. The Morgan fingerprint density at radius 2 is 1.83 bits per heavy atom. The Morgan fingerprint density at radius 1 is 1.14 bits per heavy atom. The van der Waals surface area contributed by atoms with Crippen LogP contribution in [0.15, 0.2) is 40.2 Å². The van der Waals surface area contributed by atoms with E-state index in [0.717, 1.165) is 26.0 Å². The van der Waals surface area contributed by atoms with Gasteiger partial charge in [-0.2, -0.15) is 0 Å². The number of nitrogens with zero attached hydrogens (tertiary/aromatic N) is 3. The minimum atomic E-state index is -0.00148. The quantitative estimate of drug-likeness (QED) is 0.576. The van der Waals surface area contributed by atoms with E-state index in [-0.39, 0.29) is 11.8 Å². The first-order chi connectivity index (χ1) is 14.0. The summed E-state index contributed by atoms with van der Waals surface area (Å²) in [6, 6.07) is 9.84. The van der Waals surface area contributed by atoms with Crippen LogP contribution in [0.2, 0.25) is 0 Å². The molecule has 0 radical (unpaired) electrons. The zero-order valence-electron chi connectivity index (χ0n) is 16.4. The third-order valence-corrected chi connectivity index (χ3v) is 7.16. The van der Waals surface area contributed by atoms with Crippen molar-refractivity contribution in [1.82, 2.24) is 14.4 Å². The number of thiophene rings is 1. The maximum absolute atomic E-state index is 13.4. The summed E-state index contributed by atoms with van der Waals surface area (Å²) in [5.74, 6) is 0.855. The van der Waals surface area contributed by atoms with Crippen LogP contribution >= 0.6 is 27.3 Å². The molecule has 0 N–H and O–H groups in total. The Labute approximate surface area is 181 Å². The Bertz CT molecular complexity index is 1070. The molecular weight excluding hydrogens is 454 g/mol. The van der Waals surface area contributed by atoms with Crippen LogP contribution in [-0.2, 0) is 11.3 Å². The fraction of sp³-hybridized carbons (Fsp3) is 0.333. The van der Waals surface area contributed by atoms with Gasteiger partial charge < -0.3 is 19.1 Å². The van der Waals surface area contributed by atoms with Crippen LogP contribution in [0.25, 0.3) is 10.2 Å². The summed E-state index contributed by atoms with van der Waals surface area (Å²) in [6.07, 6.45) is 0. The van der Waals surface area contributed by atoms with Gasteiger partial charge in [0.2, 0.25) is 5.91 Å². The van der Waals surface area contributed by atoms with Crippen LogP contribution in [0, 0.1) is 0 Å². The van der Waals surface area contributed by atoms with Crippen molar-refractivity contribution in [1.29, 1.82) is 0 Å². The molecule has 1 saturated heterocycles. The van der Waals surface area contributed by atoms with E-state index in [2.05, 4.69) is 20.5 Å². The minimum Gasteiger partial charge on any atom is -0.496 e. The van der Waals surface area contributed by atoms with Gasteiger partial charge in [0.25, 0.3) is 5.91 Å². The van der Waals surface area contributed by atoms with Crippen LogP contribution < -0.4 is 4.74 Å². The van der Waals surface area contributed by atoms with Gasteiger partial charge in [-0.3, -0.25) is 9.59 Å².